The fourth-order valence-corrected chi connectivity index (χ4v) is 3.32. The lowest BCUT2D eigenvalue weighted by molar-refractivity contribution is -0.114. The third-order valence-electron chi connectivity index (χ3n) is 4.15. The van der Waals surface area contributed by atoms with Crippen molar-refractivity contribution in [1.82, 2.24) is 4.98 Å². The van der Waals surface area contributed by atoms with E-state index in [0.29, 0.717) is 23.7 Å². The summed E-state index contributed by atoms with van der Waals surface area (Å²) >= 11 is 1.59. The maximum Gasteiger partial charge on any atom is 0.248 e. The third-order valence-corrected chi connectivity index (χ3v) is 4.98. The maximum absolute atomic E-state index is 12.3. The predicted octanol–water partition coefficient (Wildman–Crippen LogP) is 4.95. The van der Waals surface area contributed by atoms with Crippen LogP contribution in [-0.4, -0.2) is 16.8 Å². The summed E-state index contributed by atoms with van der Waals surface area (Å²) < 4.78 is 5.78. The summed E-state index contributed by atoms with van der Waals surface area (Å²) in [6.45, 7) is 5.70. The second kappa shape index (κ2) is 9.84. The summed E-state index contributed by atoms with van der Waals surface area (Å²) in [6, 6.07) is 12.9. The Morgan fingerprint density at radius 3 is 2.70 bits per heavy atom. The number of anilines is 2. The molecular formula is C23H23N3O3S. The molecule has 0 saturated carbocycles. The Kier molecular flexibility index (Phi) is 6.98. The summed E-state index contributed by atoms with van der Waals surface area (Å²) in [5, 5.41) is 8.54. The number of nitrogens with one attached hydrogen (secondary N) is 2. The highest BCUT2D eigenvalue weighted by molar-refractivity contribution is 7.09. The van der Waals surface area contributed by atoms with Crippen LogP contribution in [0.5, 0.6) is 5.75 Å². The fraction of sp³-hybridized carbons (Fsp3) is 0.174. The quantitative estimate of drug-likeness (QED) is 0.529. The molecule has 2 aromatic carbocycles. The lowest BCUT2D eigenvalue weighted by Crippen LogP contribution is -2.10. The highest BCUT2D eigenvalue weighted by Gasteiger charge is 2.05. The highest BCUT2D eigenvalue weighted by atomic mass is 32.1. The van der Waals surface area contributed by atoms with Crippen LogP contribution in [-0.2, 0) is 16.2 Å². The fourth-order valence-electron chi connectivity index (χ4n) is 2.72. The molecule has 0 aliphatic rings. The van der Waals surface area contributed by atoms with Gasteiger partial charge in [-0.15, -0.1) is 11.3 Å². The first-order valence-electron chi connectivity index (χ1n) is 9.40. The average molecular weight is 422 g/mol. The number of rotatable bonds is 7. The van der Waals surface area contributed by atoms with E-state index in [1.807, 2.05) is 49.6 Å². The van der Waals surface area contributed by atoms with Crippen LogP contribution in [0, 0.1) is 13.8 Å². The smallest absolute Gasteiger partial charge is 0.248 e. The van der Waals surface area contributed by atoms with E-state index >= 15 is 0 Å². The van der Waals surface area contributed by atoms with Crippen molar-refractivity contribution in [1.29, 1.82) is 0 Å². The number of amides is 2. The summed E-state index contributed by atoms with van der Waals surface area (Å²) in [4.78, 5) is 27.9. The molecule has 0 aliphatic heterocycles. The van der Waals surface area contributed by atoms with E-state index in [0.717, 1.165) is 21.8 Å². The summed E-state index contributed by atoms with van der Waals surface area (Å²) in [6.07, 6.45) is 3.18. The molecule has 0 bridgehead atoms. The highest BCUT2D eigenvalue weighted by Crippen LogP contribution is 2.21. The van der Waals surface area contributed by atoms with Crippen LogP contribution in [0.3, 0.4) is 0 Å². The van der Waals surface area contributed by atoms with Crippen molar-refractivity contribution in [3.05, 3.63) is 75.7 Å². The number of hydrogen-bond donors (Lipinski definition) is 2. The van der Waals surface area contributed by atoms with Gasteiger partial charge in [0.2, 0.25) is 11.8 Å². The normalized spacial score (nSPS) is 10.8. The molecule has 0 fully saturated rings. The molecule has 6 nitrogen and oxygen atoms in total. The van der Waals surface area contributed by atoms with Gasteiger partial charge in [-0.2, -0.15) is 0 Å². The summed E-state index contributed by atoms with van der Waals surface area (Å²) in [5.74, 6) is 0.284. The van der Waals surface area contributed by atoms with Crippen molar-refractivity contribution in [3.63, 3.8) is 0 Å². The van der Waals surface area contributed by atoms with Crippen molar-refractivity contribution in [2.75, 3.05) is 10.6 Å². The van der Waals surface area contributed by atoms with E-state index in [4.69, 9.17) is 4.74 Å². The number of nitrogens with zero attached hydrogens (tertiary/aromatic N) is 1. The molecule has 0 radical (unpaired) electrons. The van der Waals surface area contributed by atoms with Gasteiger partial charge in [0.15, 0.2) is 0 Å². The van der Waals surface area contributed by atoms with Crippen LogP contribution in [0.1, 0.15) is 28.8 Å². The third kappa shape index (κ3) is 6.28. The summed E-state index contributed by atoms with van der Waals surface area (Å²) in [7, 11) is 0. The van der Waals surface area contributed by atoms with E-state index in [1.165, 1.54) is 13.0 Å². The zero-order chi connectivity index (χ0) is 21.5. The lowest BCUT2D eigenvalue weighted by atomic mass is 10.1. The molecule has 0 spiro atoms. The number of thiazole rings is 1. The Morgan fingerprint density at radius 2 is 1.97 bits per heavy atom. The summed E-state index contributed by atoms with van der Waals surface area (Å²) in [5.41, 5.74) is 3.94. The van der Waals surface area contributed by atoms with Gasteiger partial charge in [0.05, 0.1) is 10.7 Å². The van der Waals surface area contributed by atoms with Gasteiger partial charge in [-0.1, -0.05) is 18.2 Å². The second-order valence-electron chi connectivity index (χ2n) is 6.75. The van der Waals surface area contributed by atoms with Crippen LogP contribution in [0.4, 0.5) is 11.4 Å². The maximum atomic E-state index is 12.3. The SMILES string of the molecule is CC(=O)Nc1cc(NC(=O)/C=C/c2cccc(OCc3csc(C)n3)c2)ccc1C. The number of benzene rings is 2. The molecule has 30 heavy (non-hydrogen) atoms. The number of aromatic nitrogens is 1. The molecule has 1 heterocycles. The van der Waals surface area contributed by atoms with Crippen molar-refractivity contribution in [3.8, 4) is 5.75 Å². The molecule has 0 aliphatic carbocycles. The first-order valence-corrected chi connectivity index (χ1v) is 10.3. The molecule has 3 rings (SSSR count). The van der Waals surface area contributed by atoms with Crippen LogP contribution >= 0.6 is 11.3 Å². The Hall–Kier alpha value is -3.45. The Balaban J connectivity index is 1.60. The van der Waals surface area contributed by atoms with E-state index in [1.54, 1.807) is 29.5 Å². The molecule has 2 N–H and O–H groups in total. The standard InChI is InChI=1S/C23H23N3O3S/c1-15-7-9-19(12-22(15)24-16(2)27)26-23(28)10-8-18-5-4-6-21(11-18)29-13-20-14-30-17(3)25-20/h4-12,14H,13H2,1-3H3,(H,24,27)(H,26,28)/b10-8+. The van der Waals surface area contributed by atoms with Gasteiger partial charge in [0.1, 0.15) is 12.4 Å². The Labute approximate surface area is 179 Å². The monoisotopic (exact) mass is 421 g/mol. The van der Waals surface area contributed by atoms with Gasteiger partial charge in [-0.05, 0) is 55.3 Å². The van der Waals surface area contributed by atoms with Crippen molar-refractivity contribution in [2.45, 2.75) is 27.4 Å². The Bertz CT molecular complexity index is 1090. The molecule has 154 valence electrons. The minimum atomic E-state index is -0.267. The average Bonchev–Trinajstić information content (AvgIpc) is 3.13. The number of carbonyl (C=O) groups is 2. The molecule has 0 unspecified atom stereocenters. The molecule has 7 heteroatoms. The predicted molar refractivity (Wildman–Crippen MR) is 121 cm³/mol. The zero-order valence-corrected chi connectivity index (χ0v) is 17.9. The van der Waals surface area contributed by atoms with Gasteiger partial charge in [-0.25, -0.2) is 4.98 Å². The van der Waals surface area contributed by atoms with Gasteiger partial charge >= 0.3 is 0 Å². The van der Waals surface area contributed by atoms with Crippen molar-refractivity contribution < 1.29 is 14.3 Å². The number of hydrogen-bond acceptors (Lipinski definition) is 5. The minimum absolute atomic E-state index is 0.159. The van der Waals surface area contributed by atoms with Crippen molar-refractivity contribution in [2.24, 2.45) is 0 Å². The van der Waals surface area contributed by atoms with E-state index < -0.39 is 0 Å². The molecule has 1 aromatic heterocycles. The second-order valence-corrected chi connectivity index (χ2v) is 7.81. The van der Waals surface area contributed by atoms with Gasteiger partial charge in [0.25, 0.3) is 0 Å². The van der Waals surface area contributed by atoms with E-state index in [9.17, 15) is 9.59 Å². The topological polar surface area (TPSA) is 80.3 Å². The zero-order valence-electron chi connectivity index (χ0n) is 17.1. The Morgan fingerprint density at radius 1 is 1.13 bits per heavy atom. The van der Waals surface area contributed by atoms with Crippen LogP contribution in [0.15, 0.2) is 53.9 Å². The molecule has 0 atom stereocenters. The van der Waals surface area contributed by atoms with Crippen LogP contribution < -0.4 is 15.4 Å². The largest absolute Gasteiger partial charge is 0.487 e. The number of carbonyl (C=O) groups excluding carboxylic acids is 2. The van der Waals surface area contributed by atoms with Crippen LogP contribution in [0.25, 0.3) is 6.08 Å². The lowest BCUT2D eigenvalue weighted by Gasteiger charge is -2.09. The van der Waals surface area contributed by atoms with E-state index in [-0.39, 0.29) is 11.8 Å². The number of aryl methyl sites for hydroxylation is 2. The first kappa shape index (κ1) is 21.3. The van der Waals surface area contributed by atoms with Crippen molar-refractivity contribution >= 4 is 40.6 Å². The van der Waals surface area contributed by atoms with Gasteiger partial charge in [0, 0.05) is 29.8 Å². The first-order chi connectivity index (χ1) is 14.4. The van der Waals surface area contributed by atoms with Gasteiger partial charge < -0.3 is 15.4 Å². The van der Waals surface area contributed by atoms with Crippen LogP contribution in [0.2, 0.25) is 0 Å². The molecular weight excluding hydrogens is 398 g/mol. The molecule has 2 amide bonds. The van der Waals surface area contributed by atoms with Gasteiger partial charge in [-0.3, -0.25) is 9.59 Å². The molecule has 0 saturated heterocycles. The van der Waals surface area contributed by atoms with E-state index in [2.05, 4.69) is 15.6 Å². The minimum Gasteiger partial charge on any atom is -0.487 e. The number of ether oxygens (including phenoxy) is 1. The molecule has 3 aromatic rings.